The molecule has 1 aliphatic heterocycles. The molecule has 1 N–H and O–H groups in total. The summed E-state index contributed by atoms with van der Waals surface area (Å²) in [6.07, 6.45) is 14.6. The summed E-state index contributed by atoms with van der Waals surface area (Å²) in [5, 5.41) is 11.4. The largest absolute Gasteiger partial charge is 0.390 e. The number of ether oxygens (including phenoxy) is 2. The van der Waals surface area contributed by atoms with E-state index in [4.69, 9.17) is 9.47 Å². The van der Waals surface area contributed by atoms with Gasteiger partial charge in [-0.1, -0.05) is 43.7 Å². The van der Waals surface area contributed by atoms with Crippen LogP contribution in [0.25, 0.3) is 0 Å². The van der Waals surface area contributed by atoms with Gasteiger partial charge in [-0.2, -0.15) is 0 Å². The smallest absolute Gasteiger partial charge is 0.178 e. The van der Waals surface area contributed by atoms with Gasteiger partial charge in [0.05, 0.1) is 12.2 Å². The highest BCUT2D eigenvalue weighted by atomic mass is 16.7. The number of hydrogen-bond donors (Lipinski definition) is 1. The van der Waals surface area contributed by atoms with Crippen LogP contribution in [-0.2, 0) is 9.47 Å². The molecule has 2 saturated carbocycles. The zero-order valence-corrected chi connectivity index (χ0v) is 19.2. The molecule has 3 fully saturated rings. The average molecular weight is 401 g/mol. The van der Waals surface area contributed by atoms with Crippen LogP contribution in [0.1, 0.15) is 66.7 Å². The number of rotatable bonds is 4. The van der Waals surface area contributed by atoms with Crippen LogP contribution >= 0.6 is 0 Å². The van der Waals surface area contributed by atoms with E-state index in [1.165, 1.54) is 24.0 Å². The van der Waals surface area contributed by atoms with Gasteiger partial charge < -0.3 is 14.6 Å². The van der Waals surface area contributed by atoms with Gasteiger partial charge >= 0.3 is 0 Å². The molecule has 8 atom stereocenters. The number of hydrogen-bond acceptors (Lipinski definition) is 3. The van der Waals surface area contributed by atoms with Crippen molar-refractivity contribution in [1.29, 1.82) is 0 Å². The van der Waals surface area contributed by atoms with Gasteiger partial charge in [-0.25, -0.2) is 0 Å². The fourth-order valence-electron chi connectivity index (χ4n) is 7.25. The maximum absolute atomic E-state index is 11.4. The molecule has 3 nitrogen and oxygen atoms in total. The zero-order valence-electron chi connectivity index (χ0n) is 19.2. The Morgan fingerprint density at radius 1 is 1.31 bits per heavy atom. The summed E-state index contributed by atoms with van der Waals surface area (Å²) in [5.41, 5.74) is 2.25. The van der Waals surface area contributed by atoms with E-state index in [1.807, 2.05) is 6.92 Å². The highest BCUT2D eigenvalue weighted by Gasteiger charge is 2.66. The van der Waals surface area contributed by atoms with E-state index in [-0.39, 0.29) is 17.3 Å². The van der Waals surface area contributed by atoms with Gasteiger partial charge in [-0.05, 0) is 81.1 Å². The van der Waals surface area contributed by atoms with Crippen LogP contribution in [0.2, 0.25) is 0 Å². The third-order valence-electron chi connectivity index (χ3n) is 8.81. The number of fused-ring (bicyclic) bond motifs is 1. The van der Waals surface area contributed by atoms with Gasteiger partial charge in [0.15, 0.2) is 5.79 Å². The van der Waals surface area contributed by atoms with Gasteiger partial charge in [0, 0.05) is 19.4 Å². The van der Waals surface area contributed by atoms with Crippen LogP contribution in [-0.4, -0.2) is 30.2 Å². The average Bonchev–Trinajstić information content (AvgIpc) is 3.20. The van der Waals surface area contributed by atoms with Crippen molar-refractivity contribution in [3.63, 3.8) is 0 Å². The van der Waals surface area contributed by atoms with Crippen molar-refractivity contribution in [1.82, 2.24) is 0 Å². The van der Waals surface area contributed by atoms with Crippen LogP contribution in [0, 0.1) is 35.0 Å². The Balaban J connectivity index is 1.64. The van der Waals surface area contributed by atoms with E-state index in [0.29, 0.717) is 30.8 Å². The Kier molecular flexibility index (Phi) is 5.41. The van der Waals surface area contributed by atoms with Crippen molar-refractivity contribution >= 4 is 0 Å². The quantitative estimate of drug-likeness (QED) is 0.489. The molecule has 0 spiro atoms. The van der Waals surface area contributed by atoms with Crippen molar-refractivity contribution in [2.24, 2.45) is 35.0 Å². The van der Waals surface area contributed by atoms with E-state index >= 15 is 0 Å². The van der Waals surface area contributed by atoms with Crippen LogP contribution in [0.15, 0.2) is 35.5 Å². The first-order chi connectivity index (χ1) is 13.6. The maximum atomic E-state index is 11.4. The molecule has 0 radical (unpaired) electrons. The van der Waals surface area contributed by atoms with Crippen molar-refractivity contribution in [3.05, 3.63) is 35.5 Å². The van der Waals surface area contributed by atoms with Gasteiger partial charge in [0.1, 0.15) is 0 Å². The minimum Gasteiger partial charge on any atom is -0.390 e. The Labute approximate surface area is 177 Å². The molecule has 3 heteroatoms. The number of aliphatic hydroxyl groups is 1. The molecule has 162 valence electrons. The summed E-state index contributed by atoms with van der Waals surface area (Å²) in [7, 11) is 1.75. The predicted octanol–water partition coefficient (Wildman–Crippen LogP) is 5.66. The summed E-state index contributed by atoms with van der Waals surface area (Å²) in [5.74, 6) is 1.73. The van der Waals surface area contributed by atoms with E-state index in [9.17, 15) is 5.11 Å². The van der Waals surface area contributed by atoms with Crippen LogP contribution in [0.4, 0.5) is 0 Å². The first kappa shape index (κ1) is 21.3. The molecule has 0 bridgehead atoms. The third-order valence-corrected chi connectivity index (χ3v) is 8.81. The Morgan fingerprint density at radius 3 is 2.76 bits per heavy atom. The number of methoxy groups -OCH3 is 1. The summed E-state index contributed by atoms with van der Waals surface area (Å²) < 4.78 is 12.1. The zero-order chi connectivity index (χ0) is 21.0. The summed E-state index contributed by atoms with van der Waals surface area (Å²) in [6, 6.07) is 0. The number of allylic oxidation sites excluding steroid dienone is 5. The lowest BCUT2D eigenvalue weighted by atomic mass is 9.63. The Bertz CT molecular complexity index is 728. The lowest BCUT2D eigenvalue weighted by molar-refractivity contribution is -0.212. The van der Waals surface area contributed by atoms with Crippen molar-refractivity contribution in [3.8, 4) is 0 Å². The maximum Gasteiger partial charge on any atom is 0.178 e. The van der Waals surface area contributed by atoms with Crippen LogP contribution < -0.4 is 0 Å². The topological polar surface area (TPSA) is 38.7 Å². The molecule has 0 aromatic carbocycles. The minimum absolute atomic E-state index is 0.203. The SMILES string of the molecule is CO[C@]12C[C@@](C)(O)[C@H]3C[C@@]4(C)CC[C@H]([C@@H](C)/C=C\C=C(C)C)[C@@H]4C/C=C(/CO1)[C@@H]32. The second-order valence-electron chi connectivity index (χ2n) is 11.1. The third kappa shape index (κ3) is 3.47. The van der Waals surface area contributed by atoms with E-state index in [2.05, 4.69) is 52.0 Å². The molecular weight excluding hydrogens is 360 g/mol. The molecule has 0 aromatic rings. The fraction of sp³-hybridized carbons (Fsp3) is 0.769. The lowest BCUT2D eigenvalue weighted by Gasteiger charge is -2.43. The monoisotopic (exact) mass is 400 g/mol. The molecule has 1 heterocycles. The first-order valence-corrected chi connectivity index (χ1v) is 11.5. The summed E-state index contributed by atoms with van der Waals surface area (Å²) >= 11 is 0. The standard InChI is InChI=1S/C26H40O3/c1-17(2)8-7-9-18(3)20-12-13-24(4)14-22-23-19(10-11-21(20)24)15-29-26(23,28-6)16-25(22,5)27/h7-10,18,20-23,27H,11-16H2,1-6H3/b9-7-,19-10-/t18-,20+,21-,22-,23-,24+,25+,26+/m0/s1. The fourth-order valence-corrected chi connectivity index (χ4v) is 7.25. The van der Waals surface area contributed by atoms with Gasteiger partial charge in [-0.3, -0.25) is 0 Å². The van der Waals surface area contributed by atoms with Crippen LogP contribution in [0.5, 0.6) is 0 Å². The van der Waals surface area contributed by atoms with E-state index < -0.39 is 11.4 Å². The van der Waals surface area contributed by atoms with Gasteiger partial charge in [0.25, 0.3) is 0 Å². The molecule has 29 heavy (non-hydrogen) atoms. The second kappa shape index (κ2) is 7.35. The molecule has 4 aliphatic rings. The summed E-state index contributed by atoms with van der Waals surface area (Å²) in [6.45, 7) is 11.8. The molecule has 0 unspecified atom stereocenters. The predicted molar refractivity (Wildman–Crippen MR) is 117 cm³/mol. The van der Waals surface area contributed by atoms with Gasteiger partial charge in [-0.15, -0.1) is 0 Å². The molecule has 0 amide bonds. The molecular formula is C26H40O3. The van der Waals surface area contributed by atoms with Crippen molar-refractivity contribution in [2.75, 3.05) is 13.7 Å². The minimum atomic E-state index is -0.738. The second-order valence-corrected chi connectivity index (χ2v) is 11.1. The lowest BCUT2D eigenvalue weighted by Crippen LogP contribution is -2.40. The van der Waals surface area contributed by atoms with Crippen molar-refractivity contribution in [2.45, 2.75) is 78.1 Å². The normalized spacial score (nSPS) is 49.1. The van der Waals surface area contributed by atoms with Crippen LogP contribution in [0.3, 0.4) is 0 Å². The molecule has 0 aromatic heterocycles. The van der Waals surface area contributed by atoms with Crippen molar-refractivity contribution < 1.29 is 14.6 Å². The highest BCUT2D eigenvalue weighted by molar-refractivity contribution is 5.27. The molecule has 1 saturated heterocycles. The Hall–Kier alpha value is -0.900. The van der Waals surface area contributed by atoms with E-state index in [1.54, 1.807) is 7.11 Å². The molecule has 3 aliphatic carbocycles. The molecule has 4 rings (SSSR count). The Morgan fingerprint density at radius 2 is 2.07 bits per heavy atom. The van der Waals surface area contributed by atoms with E-state index in [0.717, 1.165) is 12.8 Å². The summed E-state index contributed by atoms with van der Waals surface area (Å²) in [4.78, 5) is 0. The van der Waals surface area contributed by atoms with Gasteiger partial charge in [0.2, 0.25) is 0 Å². The first-order valence-electron chi connectivity index (χ1n) is 11.5. The highest BCUT2D eigenvalue weighted by Crippen LogP contribution is 2.64.